The van der Waals surface area contributed by atoms with Gasteiger partial charge in [-0.25, -0.2) is 9.59 Å². The lowest BCUT2D eigenvalue weighted by molar-refractivity contribution is 0.0683. The van der Waals surface area contributed by atoms with Crippen molar-refractivity contribution in [1.29, 1.82) is 0 Å². The third-order valence-electron chi connectivity index (χ3n) is 5.79. The number of anilines is 2. The molecule has 0 bridgehead atoms. The monoisotopic (exact) mass is 544 g/mol. The predicted octanol–water partition coefficient (Wildman–Crippen LogP) is 5.34. The summed E-state index contributed by atoms with van der Waals surface area (Å²) < 4.78 is 5.74. The molecular formula is C32H20N2O7. The van der Waals surface area contributed by atoms with E-state index >= 15 is 0 Å². The number of hydrogen-bond donors (Lipinski definition) is 4. The lowest BCUT2D eigenvalue weighted by Crippen LogP contribution is -2.17. The van der Waals surface area contributed by atoms with Crippen LogP contribution in [0.5, 0.6) is 11.5 Å². The Morgan fingerprint density at radius 1 is 0.561 bits per heavy atom. The van der Waals surface area contributed by atoms with Crippen LogP contribution in [0.1, 0.15) is 52.6 Å². The van der Waals surface area contributed by atoms with Crippen LogP contribution in [-0.4, -0.2) is 34.0 Å². The minimum atomic E-state index is -1.37. The molecule has 0 atom stereocenters. The molecule has 41 heavy (non-hydrogen) atoms. The minimum absolute atomic E-state index is 0.0385. The van der Waals surface area contributed by atoms with Crippen molar-refractivity contribution in [2.24, 2.45) is 0 Å². The van der Waals surface area contributed by atoms with Crippen molar-refractivity contribution in [3.8, 4) is 36.2 Å². The molecule has 2 amide bonds. The van der Waals surface area contributed by atoms with E-state index in [1.54, 1.807) is 48.5 Å². The fourth-order valence-electron chi connectivity index (χ4n) is 3.76. The van der Waals surface area contributed by atoms with E-state index in [2.05, 4.69) is 22.5 Å². The molecule has 4 rings (SSSR count). The standard InChI is InChI=1S/C32H20N2O7/c1-3-19-5-9-21(10-6-19)33-29(35)25-15-13-24(18-28(25)32(39)40)41-23-14-16-26(31(37)38)27(17-23)30(36)34-22-11-7-20(4-2)8-12-22/h1-2,5-18H,(H,33,35)(H,34,36)(H,37,38)(H,39,40). The van der Waals surface area contributed by atoms with Gasteiger partial charge in [0, 0.05) is 22.5 Å². The first-order valence-corrected chi connectivity index (χ1v) is 11.9. The third-order valence-corrected chi connectivity index (χ3v) is 5.79. The molecule has 0 fully saturated rings. The maximum absolute atomic E-state index is 12.9. The van der Waals surface area contributed by atoms with Gasteiger partial charge in [-0.1, -0.05) is 11.8 Å². The molecule has 0 spiro atoms. The summed E-state index contributed by atoms with van der Waals surface area (Å²) in [5, 5.41) is 24.6. The van der Waals surface area contributed by atoms with Gasteiger partial charge >= 0.3 is 11.9 Å². The summed E-state index contributed by atoms with van der Waals surface area (Å²) in [5.41, 5.74) is 1.10. The van der Waals surface area contributed by atoms with Crippen LogP contribution in [0.2, 0.25) is 0 Å². The molecule has 200 valence electrons. The highest BCUT2D eigenvalue weighted by atomic mass is 16.5. The Morgan fingerprint density at radius 2 is 0.976 bits per heavy atom. The van der Waals surface area contributed by atoms with Gasteiger partial charge in [-0.2, -0.15) is 0 Å². The molecular weight excluding hydrogens is 524 g/mol. The van der Waals surface area contributed by atoms with Crippen molar-refractivity contribution >= 4 is 35.1 Å². The zero-order valence-corrected chi connectivity index (χ0v) is 21.2. The molecule has 4 N–H and O–H groups in total. The molecule has 0 aliphatic heterocycles. The molecule has 9 heteroatoms. The number of rotatable bonds is 8. The van der Waals surface area contributed by atoms with Crippen LogP contribution in [0.3, 0.4) is 0 Å². The van der Waals surface area contributed by atoms with Crippen LogP contribution in [0.15, 0.2) is 84.9 Å². The number of carboxylic acids is 2. The average Bonchev–Trinajstić information content (AvgIpc) is 2.97. The molecule has 9 nitrogen and oxygen atoms in total. The maximum Gasteiger partial charge on any atom is 0.336 e. The van der Waals surface area contributed by atoms with E-state index in [1.807, 2.05) is 0 Å². The Balaban J connectivity index is 1.58. The first-order chi connectivity index (χ1) is 19.7. The number of benzene rings is 4. The van der Waals surface area contributed by atoms with Gasteiger partial charge in [-0.15, -0.1) is 12.8 Å². The summed E-state index contributed by atoms with van der Waals surface area (Å²) in [6.45, 7) is 0. The van der Waals surface area contributed by atoms with Gasteiger partial charge in [0.05, 0.1) is 22.3 Å². The van der Waals surface area contributed by atoms with Crippen molar-refractivity contribution in [2.75, 3.05) is 10.6 Å². The average molecular weight is 545 g/mol. The summed E-state index contributed by atoms with van der Waals surface area (Å²) in [6.07, 6.45) is 10.7. The van der Waals surface area contributed by atoms with Gasteiger partial charge in [0.2, 0.25) is 0 Å². The highest BCUT2D eigenvalue weighted by molar-refractivity contribution is 6.12. The van der Waals surface area contributed by atoms with Crippen molar-refractivity contribution in [3.05, 3.63) is 118 Å². The highest BCUT2D eigenvalue weighted by Gasteiger charge is 2.21. The fourth-order valence-corrected chi connectivity index (χ4v) is 3.76. The third kappa shape index (κ3) is 6.58. The van der Waals surface area contributed by atoms with E-state index in [0.717, 1.165) is 6.07 Å². The number of amides is 2. The van der Waals surface area contributed by atoms with Gasteiger partial charge in [-0.3, -0.25) is 9.59 Å². The molecule has 0 radical (unpaired) electrons. The van der Waals surface area contributed by atoms with Gasteiger partial charge < -0.3 is 25.6 Å². The number of hydrogen-bond acceptors (Lipinski definition) is 5. The molecule has 0 heterocycles. The van der Waals surface area contributed by atoms with Crippen molar-refractivity contribution in [2.45, 2.75) is 0 Å². The highest BCUT2D eigenvalue weighted by Crippen LogP contribution is 2.28. The number of nitrogens with one attached hydrogen (secondary N) is 2. The van der Waals surface area contributed by atoms with E-state index in [4.69, 9.17) is 17.6 Å². The van der Waals surface area contributed by atoms with Gasteiger partial charge in [0.25, 0.3) is 11.8 Å². The van der Waals surface area contributed by atoms with Crippen LogP contribution in [0.25, 0.3) is 0 Å². The fraction of sp³-hybridized carbons (Fsp3) is 0. The lowest BCUT2D eigenvalue weighted by Gasteiger charge is -2.13. The number of ether oxygens (including phenoxy) is 1. The smallest absolute Gasteiger partial charge is 0.336 e. The van der Waals surface area contributed by atoms with Crippen molar-refractivity contribution in [3.63, 3.8) is 0 Å². The summed E-state index contributed by atoms with van der Waals surface area (Å²) in [5.74, 6) is 0.933. The van der Waals surface area contributed by atoms with E-state index in [-0.39, 0.29) is 33.8 Å². The molecule has 0 aliphatic carbocycles. The Morgan fingerprint density at radius 3 is 1.41 bits per heavy atom. The van der Waals surface area contributed by atoms with Crippen LogP contribution in [0.4, 0.5) is 11.4 Å². The number of terminal acetylenes is 2. The summed E-state index contributed by atoms with van der Waals surface area (Å²) in [6, 6.07) is 20.4. The van der Waals surface area contributed by atoms with Gasteiger partial charge in [-0.05, 0) is 84.9 Å². The second kappa shape index (κ2) is 12.0. The lowest BCUT2D eigenvalue weighted by atomic mass is 10.1. The molecule has 0 saturated carbocycles. The van der Waals surface area contributed by atoms with Crippen molar-refractivity contribution < 1.29 is 34.1 Å². The Hall–Kier alpha value is -6.32. The van der Waals surface area contributed by atoms with E-state index in [9.17, 15) is 29.4 Å². The van der Waals surface area contributed by atoms with E-state index in [0.29, 0.717) is 22.5 Å². The summed E-state index contributed by atoms with van der Waals surface area (Å²) in [4.78, 5) is 49.5. The summed E-state index contributed by atoms with van der Waals surface area (Å²) >= 11 is 0. The Kier molecular flexibility index (Phi) is 8.13. The summed E-state index contributed by atoms with van der Waals surface area (Å²) in [7, 11) is 0. The molecule has 0 aromatic heterocycles. The maximum atomic E-state index is 12.9. The topological polar surface area (TPSA) is 142 Å². The first-order valence-electron chi connectivity index (χ1n) is 11.9. The quantitative estimate of drug-likeness (QED) is 0.219. The molecule has 4 aromatic rings. The van der Waals surface area contributed by atoms with Crippen LogP contribution >= 0.6 is 0 Å². The van der Waals surface area contributed by atoms with E-state index in [1.165, 1.54) is 30.3 Å². The van der Waals surface area contributed by atoms with Gasteiger partial charge in [0.15, 0.2) is 0 Å². The Bertz CT molecular complexity index is 1760. The van der Waals surface area contributed by atoms with E-state index < -0.39 is 23.8 Å². The largest absolute Gasteiger partial charge is 0.478 e. The van der Waals surface area contributed by atoms with Crippen LogP contribution in [-0.2, 0) is 0 Å². The van der Waals surface area contributed by atoms with Crippen molar-refractivity contribution in [1.82, 2.24) is 0 Å². The molecule has 0 unspecified atom stereocenters. The number of carbonyl (C=O) groups excluding carboxylic acids is 2. The van der Waals surface area contributed by atoms with Crippen LogP contribution < -0.4 is 15.4 Å². The first kappa shape index (κ1) is 27.7. The predicted molar refractivity (Wildman–Crippen MR) is 152 cm³/mol. The molecule has 0 aliphatic rings. The van der Waals surface area contributed by atoms with Gasteiger partial charge in [0.1, 0.15) is 11.5 Å². The second-order valence-electron chi connectivity index (χ2n) is 8.48. The van der Waals surface area contributed by atoms with Crippen LogP contribution in [0, 0.1) is 24.7 Å². The molecule has 4 aromatic carbocycles. The number of carboxylic acid groups (broad SMARTS) is 2. The molecule has 0 saturated heterocycles. The number of aromatic carboxylic acids is 2. The number of carbonyl (C=O) groups is 4. The second-order valence-corrected chi connectivity index (χ2v) is 8.48. The normalized spacial score (nSPS) is 10.0. The Labute approximate surface area is 234 Å². The zero-order chi connectivity index (χ0) is 29.5. The SMILES string of the molecule is C#Cc1ccc(NC(=O)c2ccc(Oc3ccc(C(=O)O)c(C(=O)Nc4ccc(C#C)cc4)c3)cc2C(=O)O)cc1. The minimum Gasteiger partial charge on any atom is -0.478 e. The zero-order valence-electron chi connectivity index (χ0n) is 21.2.